The topological polar surface area (TPSA) is 15.3 Å². The van der Waals surface area contributed by atoms with Gasteiger partial charge in [-0.25, -0.2) is 0 Å². The Labute approximate surface area is 75.8 Å². The van der Waals surface area contributed by atoms with Crippen molar-refractivity contribution in [1.29, 1.82) is 0 Å². The minimum absolute atomic E-state index is 0.802. The Balaban J connectivity index is 1.90. The first-order valence-corrected chi connectivity index (χ1v) is 4.95. The van der Waals surface area contributed by atoms with Crippen LogP contribution in [0.15, 0.2) is 10.6 Å². The van der Waals surface area contributed by atoms with Crippen LogP contribution in [0.5, 0.6) is 0 Å². The van der Waals surface area contributed by atoms with Crippen molar-refractivity contribution in [2.45, 2.75) is 12.5 Å². The van der Waals surface area contributed by atoms with Crippen LogP contribution in [-0.2, 0) is 0 Å². The number of halogens is 1. The molecule has 0 atom stereocenters. The third-order valence-corrected chi connectivity index (χ3v) is 2.99. The highest BCUT2D eigenvalue weighted by molar-refractivity contribution is 9.11. The summed E-state index contributed by atoms with van der Waals surface area (Å²) in [5.74, 6) is 0. The van der Waals surface area contributed by atoms with Crippen LogP contribution in [0.4, 0.5) is 0 Å². The molecular weight excluding hydrogens is 204 g/mol. The lowest BCUT2D eigenvalue weighted by molar-refractivity contribution is 0.158. The third kappa shape index (κ3) is 1.66. The van der Waals surface area contributed by atoms with Crippen LogP contribution in [0.1, 0.15) is 6.42 Å². The van der Waals surface area contributed by atoms with Gasteiger partial charge in [0.15, 0.2) is 0 Å². The zero-order valence-electron chi connectivity index (χ0n) is 6.52. The Morgan fingerprint density at radius 1 is 1.55 bits per heavy atom. The van der Waals surface area contributed by atoms with Gasteiger partial charge in [0.25, 0.3) is 0 Å². The Morgan fingerprint density at radius 2 is 2.36 bits per heavy atom. The van der Waals surface area contributed by atoms with Crippen molar-refractivity contribution in [3.63, 3.8) is 0 Å². The molecule has 2 nitrogen and oxygen atoms in total. The van der Waals surface area contributed by atoms with Gasteiger partial charge in [-0.3, -0.25) is 4.90 Å². The molecule has 2 aliphatic rings. The molecule has 0 aromatic carbocycles. The van der Waals surface area contributed by atoms with Gasteiger partial charge in [-0.15, -0.1) is 0 Å². The van der Waals surface area contributed by atoms with E-state index in [0.29, 0.717) is 0 Å². The molecule has 2 rings (SSSR count). The minimum Gasteiger partial charge on any atom is -0.314 e. The van der Waals surface area contributed by atoms with E-state index in [4.69, 9.17) is 0 Å². The molecule has 1 fully saturated rings. The second-order valence-corrected chi connectivity index (χ2v) is 4.24. The molecule has 0 aliphatic carbocycles. The smallest absolute Gasteiger partial charge is 0.0349 e. The molecule has 3 heteroatoms. The molecule has 62 valence electrons. The summed E-state index contributed by atoms with van der Waals surface area (Å²) in [6.45, 7) is 4.72. The zero-order valence-corrected chi connectivity index (χ0v) is 8.10. The van der Waals surface area contributed by atoms with Gasteiger partial charge in [-0.2, -0.15) is 0 Å². The predicted octanol–water partition coefficient (Wildman–Crippen LogP) is 0.943. The minimum atomic E-state index is 0.802. The fraction of sp³-hybridized carbons (Fsp3) is 0.750. The second-order valence-electron chi connectivity index (χ2n) is 3.22. The summed E-state index contributed by atoms with van der Waals surface area (Å²) in [4.78, 5) is 2.54. The number of hydrogen-bond donors (Lipinski definition) is 1. The molecular formula is C8H13BrN2. The summed E-state index contributed by atoms with van der Waals surface area (Å²) < 4.78 is 1.36. The van der Waals surface area contributed by atoms with Crippen LogP contribution < -0.4 is 5.32 Å². The zero-order chi connectivity index (χ0) is 7.68. The summed E-state index contributed by atoms with van der Waals surface area (Å²) in [5, 5.41) is 3.30. The van der Waals surface area contributed by atoms with Gasteiger partial charge in [0.05, 0.1) is 0 Å². The van der Waals surface area contributed by atoms with Crippen molar-refractivity contribution in [2.75, 3.05) is 26.2 Å². The average molecular weight is 217 g/mol. The number of nitrogens with one attached hydrogen (secondary N) is 1. The highest BCUT2D eigenvalue weighted by Gasteiger charge is 2.25. The first kappa shape index (κ1) is 7.77. The van der Waals surface area contributed by atoms with Crippen LogP contribution in [0.3, 0.4) is 0 Å². The Morgan fingerprint density at radius 3 is 2.91 bits per heavy atom. The monoisotopic (exact) mass is 216 g/mol. The van der Waals surface area contributed by atoms with E-state index in [0.717, 1.165) is 12.6 Å². The molecule has 0 bridgehead atoms. The van der Waals surface area contributed by atoms with Crippen molar-refractivity contribution in [1.82, 2.24) is 10.2 Å². The quantitative estimate of drug-likeness (QED) is 0.703. The highest BCUT2D eigenvalue weighted by atomic mass is 79.9. The van der Waals surface area contributed by atoms with Gasteiger partial charge in [0.2, 0.25) is 0 Å². The van der Waals surface area contributed by atoms with Gasteiger partial charge >= 0.3 is 0 Å². The van der Waals surface area contributed by atoms with E-state index in [1.165, 1.54) is 30.5 Å². The SMILES string of the molecule is BrC1=CCCN(C2CNC2)C1. The molecule has 1 N–H and O–H groups in total. The molecule has 1 saturated heterocycles. The van der Waals surface area contributed by atoms with E-state index in [1.54, 1.807) is 0 Å². The molecule has 0 spiro atoms. The van der Waals surface area contributed by atoms with E-state index in [9.17, 15) is 0 Å². The van der Waals surface area contributed by atoms with Gasteiger partial charge in [0.1, 0.15) is 0 Å². The first-order chi connectivity index (χ1) is 5.36. The van der Waals surface area contributed by atoms with Crippen molar-refractivity contribution in [2.24, 2.45) is 0 Å². The normalized spacial score (nSPS) is 27.9. The molecule has 0 aromatic heterocycles. The average Bonchev–Trinajstić information content (AvgIpc) is 1.83. The standard InChI is InChI=1S/C8H13BrN2/c9-7-2-1-3-11(6-7)8-4-10-5-8/h2,8,10H,1,3-6H2. The van der Waals surface area contributed by atoms with Crippen LogP contribution in [-0.4, -0.2) is 37.1 Å². The van der Waals surface area contributed by atoms with Crippen LogP contribution in [0, 0.1) is 0 Å². The molecule has 0 amide bonds. The molecule has 0 saturated carbocycles. The molecule has 2 aliphatic heterocycles. The molecule has 2 heterocycles. The molecule has 0 unspecified atom stereocenters. The predicted molar refractivity (Wildman–Crippen MR) is 49.9 cm³/mol. The molecule has 11 heavy (non-hydrogen) atoms. The maximum Gasteiger partial charge on any atom is 0.0349 e. The highest BCUT2D eigenvalue weighted by Crippen LogP contribution is 2.18. The molecule has 0 aromatic rings. The maximum atomic E-state index is 3.55. The van der Waals surface area contributed by atoms with Gasteiger partial charge in [-0.1, -0.05) is 22.0 Å². The fourth-order valence-corrected chi connectivity index (χ4v) is 2.12. The van der Waals surface area contributed by atoms with Crippen molar-refractivity contribution < 1.29 is 0 Å². The van der Waals surface area contributed by atoms with Crippen molar-refractivity contribution in [3.05, 3.63) is 10.6 Å². The third-order valence-electron chi connectivity index (χ3n) is 2.41. The number of nitrogens with zero attached hydrogens (tertiary/aromatic N) is 1. The summed E-state index contributed by atoms with van der Waals surface area (Å²) in [5.41, 5.74) is 0. The van der Waals surface area contributed by atoms with Crippen LogP contribution >= 0.6 is 15.9 Å². The van der Waals surface area contributed by atoms with Crippen LogP contribution in [0.25, 0.3) is 0 Å². The van der Waals surface area contributed by atoms with Crippen molar-refractivity contribution in [3.8, 4) is 0 Å². The first-order valence-electron chi connectivity index (χ1n) is 4.15. The molecule has 0 radical (unpaired) electrons. The lowest BCUT2D eigenvalue weighted by Crippen LogP contribution is -2.58. The lowest BCUT2D eigenvalue weighted by atomic mass is 10.1. The lowest BCUT2D eigenvalue weighted by Gasteiger charge is -2.39. The Bertz CT molecular complexity index is 175. The summed E-state index contributed by atoms with van der Waals surface area (Å²) in [6, 6.07) is 0.802. The van der Waals surface area contributed by atoms with E-state index in [1.807, 2.05) is 0 Å². The van der Waals surface area contributed by atoms with Crippen LogP contribution in [0.2, 0.25) is 0 Å². The summed E-state index contributed by atoms with van der Waals surface area (Å²) in [7, 11) is 0. The summed E-state index contributed by atoms with van der Waals surface area (Å²) >= 11 is 3.55. The van der Waals surface area contributed by atoms with Gasteiger partial charge in [-0.05, 0) is 6.42 Å². The van der Waals surface area contributed by atoms with Crippen molar-refractivity contribution >= 4 is 15.9 Å². The maximum absolute atomic E-state index is 3.55. The van der Waals surface area contributed by atoms with E-state index >= 15 is 0 Å². The second kappa shape index (κ2) is 3.25. The fourth-order valence-electron chi connectivity index (χ4n) is 1.57. The van der Waals surface area contributed by atoms with E-state index < -0.39 is 0 Å². The Kier molecular flexibility index (Phi) is 2.30. The van der Waals surface area contributed by atoms with Gasteiger partial charge in [0, 0.05) is 36.7 Å². The van der Waals surface area contributed by atoms with E-state index in [-0.39, 0.29) is 0 Å². The summed E-state index contributed by atoms with van der Waals surface area (Å²) in [6.07, 6.45) is 3.49. The number of rotatable bonds is 1. The van der Waals surface area contributed by atoms with E-state index in [2.05, 4.69) is 32.2 Å². The van der Waals surface area contributed by atoms with Gasteiger partial charge < -0.3 is 5.32 Å². The largest absolute Gasteiger partial charge is 0.314 e. The number of hydrogen-bond acceptors (Lipinski definition) is 2. The Hall–Kier alpha value is 0.140.